The molecule has 0 amide bonds. The Hall–Kier alpha value is -0.200. The van der Waals surface area contributed by atoms with Crippen molar-refractivity contribution in [2.24, 2.45) is 74.2 Å². The Balaban J connectivity index is 1.40. The quantitative estimate of drug-likeness (QED) is 0.250. The van der Waals surface area contributed by atoms with Gasteiger partial charge in [0.15, 0.2) is 0 Å². The SMILES string of the molecule is CC(C[C@@H](O)[C@@H](O)[C@@H](O)[C@@H](O)CN)[C@@H]1CC[C@]2(C)CC[C@]3(C)[C@H](CC[C@@H]4[C@@]5(C)CC[C@H](C)C(C)(C)[C@@H]5CC[C@]43C)[C@@H]12. The van der Waals surface area contributed by atoms with Gasteiger partial charge in [0.05, 0.1) is 12.2 Å². The Labute approximate surface area is 251 Å². The highest BCUT2D eigenvalue weighted by molar-refractivity contribution is 5.19. The van der Waals surface area contributed by atoms with Gasteiger partial charge in [-0.1, -0.05) is 55.4 Å². The molecule has 0 saturated heterocycles. The molecule has 0 bridgehead atoms. The molecule has 1 unspecified atom stereocenters. The summed E-state index contributed by atoms with van der Waals surface area (Å²) in [4.78, 5) is 0. The van der Waals surface area contributed by atoms with E-state index in [1.807, 2.05) is 0 Å². The maximum absolute atomic E-state index is 10.9. The topological polar surface area (TPSA) is 107 Å². The summed E-state index contributed by atoms with van der Waals surface area (Å²) in [6.45, 7) is 20.5. The molecule has 0 radical (unpaired) electrons. The lowest BCUT2D eigenvalue weighted by Gasteiger charge is -2.73. The van der Waals surface area contributed by atoms with Crippen LogP contribution in [-0.4, -0.2) is 51.4 Å². The molecule has 6 N–H and O–H groups in total. The lowest BCUT2D eigenvalue weighted by Crippen LogP contribution is -2.66. The van der Waals surface area contributed by atoms with Crippen LogP contribution in [0.2, 0.25) is 0 Å². The summed E-state index contributed by atoms with van der Waals surface area (Å²) in [5.74, 6) is 4.55. The minimum Gasteiger partial charge on any atom is -0.390 e. The van der Waals surface area contributed by atoms with E-state index < -0.39 is 24.4 Å². The maximum atomic E-state index is 10.9. The first-order valence-corrected chi connectivity index (χ1v) is 17.4. The Morgan fingerprint density at radius 1 is 0.707 bits per heavy atom. The average molecular weight is 576 g/mol. The van der Waals surface area contributed by atoms with Gasteiger partial charge < -0.3 is 26.2 Å². The highest BCUT2D eigenvalue weighted by atomic mass is 16.4. The van der Waals surface area contributed by atoms with Gasteiger partial charge in [-0.3, -0.25) is 0 Å². The number of rotatable bonds is 7. The summed E-state index contributed by atoms with van der Waals surface area (Å²) in [6.07, 6.45) is 8.70. The fourth-order valence-electron chi connectivity index (χ4n) is 13.1. The van der Waals surface area contributed by atoms with Crippen molar-refractivity contribution >= 4 is 0 Å². The minimum atomic E-state index is -1.42. The van der Waals surface area contributed by atoms with Gasteiger partial charge in [0.1, 0.15) is 12.2 Å². The first kappa shape index (κ1) is 32.2. The summed E-state index contributed by atoms with van der Waals surface area (Å²) in [5.41, 5.74) is 7.41. The van der Waals surface area contributed by atoms with Gasteiger partial charge in [-0.05, 0) is 139 Å². The second kappa shape index (κ2) is 10.7. The van der Waals surface area contributed by atoms with Gasteiger partial charge in [-0.25, -0.2) is 0 Å². The molecule has 5 rings (SSSR count). The van der Waals surface area contributed by atoms with Crippen molar-refractivity contribution in [1.29, 1.82) is 0 Å². The van der Waals surface area contributed by atoms with E-state index in [9.17, 15) is 20.4 Å². The molecule has 5 aliphatic carbocycles. The van der Waals surface area contributed by atoms with E-state index in [0.29, 0.717) is 51.2 Å². The highest BCUT2D eigenvalue weighted by Crippen LogP contribution is 2.77. The number of hydrogen-bond donors (Lipinski definition) is 5. The van der Waals surface area contributed by atoms with Crippen molar-refractivity contribution in [3.8, 4) is 0 Å². The Morgan fingerprint density at radius 3 is 2.02 bits per heavy atom. The lowest BCUT2D eigenvalue weighted by molar-refractivity contribution is -0.242. The van der Waals surface area contributed by atoms with E-state index in [2.05, 4.69) is 55.4 Å². The first-order valence-electron chi connectivity index (χ1n) is 17.4. The molecule has 0 aromatic rings. The van der Waals surface area contributed by atoms with E-state index >= 15 is 0 Å². The third kappa shape index (κ3) is 4.63. The van der Waals surface area contributed by atoms with Crippen LogP contribution in [0, 0.1) is 68.5 Å². The van der Waals surface area contributed by atoms with Crippen LogP contribution >= 0.6 is 0 Å². The van der Waals surface area contributed by atoms with Crippen LogP contribution in [0.5, 0.6) is 0 Å². The molecule has 0 heterocycles. The summed E-state index contributed by atoms with van der Waals surface area (Å²) >= 11 is 0. The van der Waals surface area contributed by atoms with Crippen LogP contribution in [0.3, 0.4) is 0 Å². The average Bonchev–Trinajstić information content (AvgIpc) is 3.27. The van der Waals surface area contributed by atoms with Crippen molar-refractivity contribution in [2.45, 2.75) is 150 Å². The van der Waals surface area contributed by atoms with Crippen LogP contribution in [0.25, 0.3) is 0 Å². The molecule has 238 valence electrons. The zero-order valence-electron chi connectivity index (χ0n) is 27.7. The van der Waals surface area contributed by atoms with Crippen LogP contribution in [0.4, 0.5) is 0 Å². The fourth-order valence-corrected chi connectivity index (χ4v) is 13.1. The molecule has 0 aliphatic heterocycles. The maximum Gasteiger partial charge on any atom is 0.109 e. The zero-order valence-corrected chi connectivity index (χ0v) is 27.7. The van der Waals surface area contributed by atoms with Crippen LogP contribution < -0.4 is 5.73 Å². The van der Waals surface area contributed by atoms with Crippen molar-refractivity contribution in [3.05, 3.63) is 0 Å². The van der Waals surface area contributed by atoms with Crippen molar-refractivity contribution in [2.75, 3.05) is 6.54 Å². The van der Waals surface area contributed by atoms with Crippen molar-refractivity contribution in [3.63, 3.8) is 0 Å². The summed E-state index contributed by atoms with van der Waals surface area (Å²) in [6, 6.07) is 0. The first-order chi connectivity index (χ1) is 19.0. The molecule has 5 nitrogen and oxygen atoms in total. The normalized spacial score (nSPS) is 50.9. The van der Waals surface area contributed by atoms with Crippen molar-refractivity contribution in [1.82, 2.24) is 0 Å². The van der Waals surface area contributed by atoms with Crippen LogP contribution in [-0.2, 0) is 0 Å². The zero-order chi connectivity index (χ0) is 30.3. The fraction of sp³-hybridized carbons (Fsp3) is 1.00. The number of aliphatic hydroxyl groups excluding tert-OH is 4. The van der Waals surface area contributed by atoms with E-state index in [-0.39, 0.29) is 12.5 Å². The largest absolute Gasteiger partial charge is 0.390 e. The standard InChI is InChI=1S/C36H65NO4/c1-21(19-25(38)30(40)31(41)26(39)20-37)23-12-14-33(5)17-18-35(7)24(29(23)33)9-10-28-34(6)15-11-22(2)32(3,4)27(34)13-16-36(28,35)8/h21-31,38-41H,9-20,37H2,1-8H3/t21?,22-,23-,24+,25+,26-,27-,28+,29+,30+,31-,33+,34-,35+,36+/m0/s1. The van der Waals surface area contributed by atoms with Crippen LogP contribution in [0.15, 0.2) is 0 Å². The molecule has 5 aliphatic rings. The second-order valence-electron chi connectivity index (χ2n) is 17.9. The lowest BCUT2D eigenvalue weighted by atomic mass is 9.32. The predicted molar refractivity (Wildman–Crippen MR) is 166 cm³/mol. The minimum absolute atomic E-state index is 0.139. The van der Waals surface area contributed by atoms with Gasteiger partial charge in [0.25, 0.3) is 0 Å². The Kier molecular flexibility index (Phi) is 8.41. The van der Waals surface area contributed by atoms with Crippen molar-refractivity contribution < 1.29 is 20.4 Å². The third-order valence-electron chi connectivity index (χ3n) is 16.2. The van der Waals surface area contributed by atoms with Gasteiger partial charge in [-0.2, -0.15) is 0 Å². The number of hydrogen-bond acceptors (Lipinski definition) is 5. The predicted octanol–water partition coefficient (Wildman–Crippen LogP) is 6.15. The second-order valence-corrected chi connectivity index (χ2v) is 17.9. The molecule has 0 spiro atoms. The molecule has 5 heteroatoms. The molecule has 0 aromatic carbocycles. The van der Waals surface area contributed by atoms with Crippen LogP contribution in [0.1, 0.15) is 126 Å². The Bertz CT molecular complexity index is 956. The van der Waals surface area contributed by atoms with Gasteiger partial charge in [0, 0.05) is 6.54 Å². The van der Waals surface area contributed by atoms with E-state index in [1.54, 1.807) is 0 Å². The van der Waals surface area contributed by atoms with Gasteiger partial charge in [0.2, 0.25) is 0 Å². The van der Waals surface area contributed by atoms with E-state index in [0.717, 1.165) is 17.8 Å². The molecular formula is C36H65NO4. The Morgan fingerprint density at radius 2 is 1.37 bits per heavy atom. The van der Waals surface area contributed by atoms with E-state index in [4.69, 9.17) is 5.73 Å². The monoisotopic (exact) mass is 575 g/mol. The van der Waals surface area contributed by atoms with E-state index in [1.165, 1.54) is 64.2 Å². The third-order valence-corrected chi connectivity index (χ3v) is 16.2. The highest BCUT2D eigenvalue weighted by Gasteiger charge is 2.70. The molecule has 0 aromatic heterocycles. The number of nitrogens with two attached hydrogens (primary N) is 1. The van der Waals surface area contributed by atoms with Gasteiger partial charge >= 0.3 is 0 Å². The van der Waals surface area contributed by atoms with Gasteiger partial charge in [-0.15, -0.1) is 0 Å². The smallest absolute Gasteiger partial charge is 0.109 e. The molecule has 41 heavy (non-hydrogen) atoms. The number of fused-ring (bicyclic) bond motifs is 7. The molecule has 5 saturated carbocycles. The summed E-state index contributed by atoms with van der Waals surface area (Å²) in [5, 5.41) is 41.8. The summed E-state index contributed by atoms with van der Waals surface area (Å²) < 4.78 is 0. The number of aliphatic hydroxyl groups is 4. The molecular weight excluding hydrogens is 510 g/mol. The molecule has 15 atom stereocenters. The summed E-state index contributed by atoms with van der Waals surface area (Å²) in [7, 11) is 0. The molecule has 5 fully saturated rings.